The average molecular weight is 208 g/mol. The fourth-order valence-corrected chi connectivity index (χ4v) is 5.03. The third kappa shape index (κ3) is 1.08. The van der Waals surface area contributed by atoms with Crippen molar-refractivity contribution in [1.29, 1.82) is 0 Å². The molecule has 0 heterocycles. The smallest absolute Gasteiger partial charge is 0.308 e. The summed E-state index contributed by atoms with van der Waals surface area (Å²) in [5.41, 5.74) is 1.09. The van der Waals surface area contributed by atoms with Crippen molar-refractivity contribution >= 4 is 5.97 Å². The third-order valence-corrected chi connectivity index (χ3v) is 5.56. The van der Waals surface area contributed by atoms with Gasteiger partial charge in [-0.15, -0.1) is 0 Å². The topological polar surface area (TPSA) is 26.3 Å². The van der Waals surface area contributed by atoms with Crippen LogP contribution in [0.2, 0.25) is 0 Å². The number of carbonyl (C=O) groups excluding carboxylic acids is 1. The maximum Gasteiger partial charge on any atom is 0.308 e. The van der Waals surface area contributed by atoms with Crippen LogP contribution in [0.4, 0.5) is 0 Å². The summed E-state index contributed by atoms with van der Waals surface area (Å²) in [6, 6.07) is 0. The Morgan fingerprint density at radius 2 is 1.53 bits per heavy atom. The molecule has 0 aliphatic heterocycles. The van der Waals surface area contributed by atoms with Gasteiger partial charge in [-0.3, -0.25) is 4.79 Å². The Morgan fingerprint density at radius 1 is 1.07 bits per heavy atom. The van der Waals surface area contributed by atoms with Crippen molar-refractivity contribution in [2.75, 3.05) is 7.11 Å². The Labute approximate surface area is 91.4 Å². The van der Waals surface area contributed by atoms with Gasteiger partial charge in [0.15, 0.2) is 0 Å². The normalized spacial score (nSPS) is 47.7. The highest BCUT2D eigenvalue weighted by molar-refractivity contribution is 5.73. The minimum Gasteiger partial charge on any atom is -0.469 e. The van der Waals surface area contributed by atoms with E-state index in [4.69, 9.17) is 4.74 Å². The first-order valence-electron chi connectivity index (χ1n) is 6.29. The Morgan fingerprint density at radius 3 is 1.93 bits per heavy atom. The van der Waals surface area contributed by atoms with E-state index in [2.05, 4.69) is 0 Å². The van der Waals surface area contributed by atoms with Crippen LogP contribution in [0.5, 0.6) is 0 Å². The van der Waals surface area contributed by atoms with Crippen molar-refractivity contribution in [3.05, 3.63) is 0 Å². The lowest BCUT2D eigenvalue weighted by Gasteiger charge is -2.33. The van der Waals surface area contributed by atoms with E-state index in [-0.39, 0.29) is 11.9 Å². The molecule has 84 valence electrons. The molecule has 0 amide bonds. The largest absolute Gasteiger partial charge is 0.469 e. The van der Waals surface area contributed by atoms with Crippen LogP contribution in [0.1, 0.15) is 51.4 Å². The van der Waals surface area contributed by atoms with Gasteiger partial charge in [-0.1, -0.05) is 12.8 Å². The number of methoxy groups -OCH3 is 1. The van der Waals surface area contributed by atoms with E-state index in [1.165, 1.54) is 45.6 Å². The first kappa shape index (κ1) is 9.68. The highest BCUT2D eigenvalue weighted by Crippen LogP contribution is 2.72. The van der Waals surface area contributed by atoms with Crippen LogP contribution < -0.4 is 0 Å². The van der Waals surface area contributed by atoms with Gasteiger partial charge in [0.25, 0.3) is 0 Å². The van der Waals surface area contributed by atoms with Crippen molar-refractivity contribution in [2.24, 2.45) is 16.7 Å². The van der Waals surface area contributed by atoms with Gasteiger partial charge in [-0.25, -0.2) is 0 Å². The van der Waals surface area contributed by atoms with Gasteiger partial charge in [0.05, 0.1) is 13.0 Å². The number of rotatable bonds is 1. The third-order valence-electron chi connectivity index (χ3n) is 5.56. The fraction of sp³-hybridized carbons (Fsp3) is 0.923. The van der Waals surface area contributed by atoms with Crippen LogP contribution in [0.25, 0.3) is 0 Å². The van der Waals surface area contributed by atoms with Crippen LogP contribution in [0.3, 0.4) is 0 Å². The van der Waals surface area contributed by atoms with Crippen molar-refractivity contribution in [3.8, 4) is 0 Å². The summed E-state index contributed by atoms with van der Waals surface area (Å²) in [6.07, 6.45) is 10.5. The van der Waals surface area contributed by atoms with Crippen molar-refractivity contribution in [1.82, 2.24) is 0 Å². The molecule has 0 aromatic heterocycles. The molecule has 0 aromatic rings. The van der Waals surface area contributed by atoms with Gasteiger partial charge >= 0.3 is 5.97 Å². The highest BCUT2D eigenvalue weighted by atomic mass is 16.5. The Bertz CT molecular complexity index is 265. The molecule has 3 rings (SSSR count). The molecule has 0 bridgehead atoms. The second kappa shape index (κ2) is 2.99. The molecule has 3 fully saturated rings. The van der Waals surface area contributed by atoms with Crippen molar-refractivity contribution in [2.45, 2.75) is 51.4 Å². The summed E-state index contributed by atoms with van der Waals surface area (Å²) in [4.78, 5) is 11.6. The average Bonchev–Trinajstić information content (AvgIpc) is 2.75. The molecular weight excluding hydrogens is 188 g/mol. The minimum absolute atomic E-state index is 0.0463. The molecule has 0 radical (unpaired) electrons. The molecule has 2 heteroatoms. The number of carbonyl (C=O) groups is 1. The zero-order chi connectivity index (χ0) is 10.5. The number of ether oxygens (including phenoxy) is 1. The fourth-order valence-electron chi connectivity index (χ4n) is 5.03. The highest BCUT2D eigenvalue weighted by Gasteiger charge is 2.63. The minimum atomic E-state index is 0.0463. The molecule has 15 heavy (non-hydrogen) atoms. The predicted octanol–water partition coefficient (Wildman–Crippen LogP) is 2.91. The van der Waals surface area contributed by atoms with Gasteiger partial charge in [0.2, 0.25) is 0 Å². The van der Waals surface area contributed by atoms with E-state index in [9.17, 15) is 4.79 Å². The summed E-state index contributed by atoms with van der Waals surface area (Å²) >= 11 is 0. The van der Waals surface area contributed by atoms with Crippen molar-refractivity contribution < 1.29 is 9.53 Å². The SMILES string of the molecule is COC(=O)C1CC23CCCC2(CCC3)C1. The number of hydrogen-bond donors (Lipinski definition) is 0. The number of esters is 1. The molecule has 3 aliphatic carbocycles. The first-order valence-corrected chi connectivity index (χ1v) is 6.29. The maximum atomic E-state index is 11.6. The molecule has 0 aromatic carbocycles. The molecular formula is C13H20O2. The zero-order valence-electron chi connectivity index (χ0n) is 9.55. The summed E-state index contributed by atoms with van der Waals surface area (Å²) in [5.74, 6) is 0.264. The van der Waals surface area contributed by atoms with E-state index >= 15 is 0 Å². The molecule has 0 atom stereocenters. The van der Waals surface area contributed by atoms with Gasteiger partial charge in [0.1, 0.15) is 0 Å². The second-order valence-electron chi connectivity index (χ2n) is 5.90. The summed E-state index contributed by atoms with van der Waals surface area (Å²) in [5, 5.41) is 0. The van der Waals surface area contributed by atoms with Gasteiger partial charge in [-0.2, -0.15) is 0 Å². The lowest BCUT2D eigenvalue weighted by molar-refractivity contribution is -0.145. The van der Waals surface area contributed by atoms with E-state index in [1.54, 1.807) is 0 Å². The van der Waals surface area contributed by atoms with Crippen molar-refractivity contribution in [3.63, 3.8) is 0 Å². The molecule has 0 N–H and O–H groups in total. The standard InChI is InChI=1S/C13H20O2/c1-15-11(14)10-8-12-4-2-5-13(12,9-10)7-3-6-12/h10H,2-9H2,1H3. The van der Waals surface area contributed by atoms with Gasteiger partial charge in [0, 0.05) is 0 Å². The van der Waals surface area contributed by atoms with Gasteiger partial charge in [-0.05, 0) is 49.4 Å². The first-order chi connectivity index (χ1) is 7.21. The molecule has 3 aliphatic rings. The quantitative estimate of drug-likeness (QED) is 0.619. The monoisotopic (exact) mass is 208 g/mol. The van der Waals surface area contributed by atoms with Gasteiger partial charge < -0.3 is 4.74 Å². The maximum absolute atomic E-state index is 11.6. The lowest BCUT2D eigenvalue weighted by Crippen LogP contribution is -2.25. The summed E-state index contributed by atoms with van der Waals surface area (Å²) < 4.78 is 4.92. The predicted molar refractivity (Wildman–Crippen MR) is 57.3 cm³/mol. The van der Waals surface area contributed by atoms with E-state index in [0.29, 0.717) is 10.8 Å². The number of hydrogen-bond acceptors (Lipinski definition) is 2. The molecule has 0 unspecified atom stereocenters. The Hall–Kier alpha value is -0.530. The van der Waals surface area contributed by atoms with E-state index in [0.717, 1.165) is 12.8 Å². The summed E-state index contributed by atoms with van der Waals surface area (Å²) in [6.45, 7) is 0. The molecule has 2 nitrogen and oxygen atoms in total. The van der Waals surface area contributed by atoms with Crippen LogP contribution in [0.15, 0.2) is 0 Å². The Kier molecular flexibility index (Phi) is 1.93. The van der Waals surface area contributed by atoms with Crippen LogP contribution in [0, 0.1) is 16.7 Å². The second-order valence-corrected chi connectivity index (χ2v) is 5.90. The lowest BCUT2D eigenvalue weighted by atomic mass is 9.71. The summed E-state index contributed by atoms with van der Waals surface area (Å²) in [7, 11) is 1.53. The molecule has 0 spiro atoms. The van der Waals surface area contributed by atoms with Crippen LogP contribution in [-0.4, -0.2) is 13.1 Å². The van der Waals surface area contributed by atoms with E-state index in [1.807, 2.05) is 0 Å². The molecule has 3 saturated carbocycles. The van der Waals surface area contributed by atoms with Crippen LogP contribution >= 0.6 is 0 Å². The van der Waals surface area contributed by atoms with Crippen LogP contribution in [-0.2, 0) is 9.53 Å². The zero-order valence-corrected chi connectivity index (χ0v) is 9.55. The van der Waals surface area contributed by atoms with E-state index < -0.39 is 0 Å². The molecule has 0 saturated heterocycles. The Balaban J connectivity index is 1.88.